The van der Waals surface area contributed by atoms with E-state index in [2.05, 4.69) is 20.3 Å². The van der Waals surface area contributed by atoms with Gasteiger partial charge in [0.1, 0.15) is 23.5 Å². The largest absolute Gasteiger partial charge is 0.443 e. The molecule has 2 amide bonds. The summed E-state index contributed by atoms with van der Waals surface area (Å²) < 4.78 is 16.4. The number of oxazole rings is 1. The average Bonchev–Trinajstić information content (AvgIpc) is 3.32. The normalized spacial score (nSPS) is 16.0. The summed E-state index contributed by atoms with van der Waals surface area (Å²) in [7, 11) is 3.00. The van der Waals surface area contributed by atoms with Crippen LogP contribution >= 0.6 is 0 Å². The molecule has 1 aliphatic rings. The van der Waals surface area contributed by atoms with E-state index in [-0.39, 0.29) is 23.0 Å². The fraction of sp³-hybridized carbons (Fsp3) is 0.318. The number of nitrogens with two attached hydrogens (primary N) is 2. The molecule has 2 aromatic heterocycles. The number of methoxy groups -OCH3 is 1. The van der Waals surface area contributed by atoms with Gasteiger partial charge >= 0.3 is 12.1 Å². The molecule has 1 unspecified atom stereocenters. The zero-order valence-electron chi connectivity index (χ0n) is 20.1. The second kappa shape index (κ2) is 10.3. The summed E-state index contributed by atoms with van der Waals surface area (Å²) in [6, 6.07) is 1.82. The van der Waals surface area contributed by atoms with Crippen molar-refractivity contribution in [3.63, 3.8) is 0 Å². The number of hydrogen-bond donors (Lipinski definition) is 3. The minimum Gasteiger partial charge on any atom is -0.443 e. The van der Waals surface area contributed by atoms with E-state index in [1.54, 1.807) is 44.0 Å². The third kappa shape index (κ3) is 5.95. The number of primary amides is 1. The molecular formula is C22H28N8O5. The van der Waals surface area contributed by atoms with Crippen molar-refractivity contribution in [2.24, 2.45) is 11.5 Å². The molecule has 1 atom stereocenters. The van der Waals surface area contributed by atoms with Crippen LogP contribution in [-0.2, 0) is 14.3 Å². The lowest BCUT2D eigenvalue weighted by Crippen LogP contribution is -2.38. The predicted molar refractivity (Wildman–Crippen MR) is 129 cm³/mol. The first kappa shape index (κ1) is 25.2. The molecule has 0 saturated carbocycles. The average molecular weight is 485 g/mol. The first-order valence-electron chi connectivity index (χ1n) is 10.5. The lowest BCUT2D eigenvalue weighted by atomic mass is 10.2. The van der Waals surface area contributed by atoms with Gasteiger partial charge in [-0.25, -0.2) is 19.7 Å². The summed E-state index contributed by atoms with van der Waals surface area (Å²) in [4.78, 5) is 40.2. The lowest BCUT2D eigenvalue weighted by molar-refractivity contribution is -0.112. The topological polar surface area (TPSA) is 175 Å². The Kier molecular flexibility index (Phi) is 7.40. The third-order valence-electron chi connectivity index (χ3n) is 4.57. The Morgan fingerprint density at radius 3 is 2.63 bits per heavy atom. The molecular weight excluding hydrogens is 456 g/mol. The molecule has 0 aromatic carbocycles. The van der Waals surface area contributed by atoms with Crippen LogP contribution in [0.1, 0.15) is 26.6 Å². The summed E-state index contributed by atoms with van der Waals surface area (Å²) >= 11 is 0. The molecule has 0 saturated heterocycles. The van der Waals surface area contributed by atoms with Crippen LogP contribution in [-0.4, -0.2) is 52.9 Å². The molecule has 3 heterocycles. The number of carbonyl (C=O) groups is 2. The quantitative estimate of drug-likeness (QED) is 0.490. The van der Waals surface area contributed by atoms with E-state index in [4.69, 9.17) is 25.4 Å². The first-order valence-corrected chi connectivity index (χ1v) is 10.5. The highest BCUT2D eigenvalue weighted by atomic mass is 16.6. The number of hydrogen-bond acceptors (Lipinski definition) is 11. The van der Waals surface area contributed by atoms with E-state index in [0.29, 0.717) is 11.7 Å². The number of anilines is 3. The van der Waals surface area contributed by atoms with Gasteiger partial charge in [0.25, 0.3) is 5.91 Å². The molecule has 186 valence electrons. The Balaban J connectivity index is 2.00. The van der Waals surface area contributed by atoms with Crippen LogP contribution < -0.4 is 26.6 Å². The Hall–Kier alpha value is -4.39. The van der Waals surface area contributed by atoms with Crippen LogP contribution in [0.3, 0.4) is 0 Å². The number of nitrogens with one attached hydrogen (secondary N) is 1. The summed E-state index contributed by atoms with van der Waals surface area (Å²) in [5, 5.41) is 3.14. The SMILES string of the molecule is COC1C(Nc2cc(N(C)C(=O)OC(C)(C)C)nc(C(=CN)C(N)=O)n2)=CC=CN1c1ncco1. The van der Waals surface area contributed by atoms with Gasteiger partial charge < -0.3 is 30.7 Å². The zero-order chi connectivity index (χ0) is 25.8. The predicted octanol–water partition coefficient (Wildman–Crippen LogP) is 1.92. The van der Waals surface area contributed by atoms with E-state index in [1.807, 2.05) is 0 Å². The highest BCUT2D eigenvalue weighted by Gasteiger charge is 2.28. The Morgan fingerprint density at radius 2 is 2.06 bits per heavy atom. The molecule has 3 rings (SSSR count). The Morgan fingerprint density at radius 1 is 1.31 bits per heavy atom. The maximum atomic E-state index is 12.6. The van der Waals surface area contributed by atoms with Crippen molar-refractivity contribution in [2.45, 2.75) is 32.6 Å². The fourth-order valence-electron chi connectivity index (χ4n) is 3.03. The van der Waals surface area contributed by atoms with E-state index in [1.165, 1.54) is 37.6 Å². The van der Waals surface area contributed by atoms with Gasteiger partial charge in [0.15, 0.2) is 12.1 Å². The minimum absolute atomic E-state index is 0.0825. The molecule has 13 nitrogen and oxygen atoms in total. The Bertz CT molecular complexity index is 1170. The molecule has 35 heavy (non-hydrogen) atoms. The molecule has 0 fully saturated rings. The van der Waals surface area contributed by atoms with Crippen molar-refractivity contribution in [1.29, 1.82) is 0 Å². The van der Waals surface area contributed by atoms with Crippen LogP contribution in [0.4, 0.5) is 22.4 Å². The number of nitrogens with zero attached hydrogens (tertiary/aromatic N) is 5. The van der Waals surface area contributed by atoms with Gasteiger partial charge in [0.2, 0.25) is 0 Å². The van der Waals surface area contributed by atoms with Crippen molar-refractivity contribution in [3.8, 4) is 0 Å². The van der Waals surface area contributed by atoms with Crippen molar-refractivity contribution in [1.82, 2.24) is 15.0 Å². The van der Waals surface area contributed by atoms with E-state index < -0.39 is 23.8 Å². The fourth-order valence-corrected chi connectivity index (χ4v) is 3.03. The van der Waals surface area contributed by atoms with Crippen molar-refractivity contribution in [3.05, 3.63) is 54.6 Å². The van der Waals surface area contributed by atoms with Crippen molar-refractivity contribution < 1.29 is 23.5 Å². The Labute approximate surface area is 202 Å². The van der Waals surface area contributed by atoms with Gasteiger partial charge in [-0.1, -0.05) is 0 Å². The maximum absolute atomic E-state index is 12.6. The monoisotopic (exact) mass is 484 g/mol. The number of carbonyl (C=O) groups excluding carboxylic acids is 2. The van der Waals surface area contributed by atoms with Crippen LogP contribution in [0.2, 0.25) is 0 Å². The summed E-state index contributed by atoms with van der Waals surface area (Å²) in [6.07, 6.45) is 7.92. The van der Waals surface area contributed by atoms with Crippen LogP contribution in [0.15, 0.2) is 53.2 Å². The van der Waals surface area contributed by atoms with Gasteiger partial charge in [0, 0.05) is 32.6 Å². The number of rotatable bonds is 7. The van der Waals surface area contributed by atoms with Gasteiger partial charge in [-0.3, -0.25) is 14.6 Å². The third-order valence-corrected chi connectivity index (χ3v) is 4.57. The number of aromatic nitrogens is 3. The van der Waals surface area contributed by atoms with E-state index in [0.717, 1.165) is 6.20 Å². The van der Waals surface area contributed by atoms with Gasteiger partial charge in [-0.05, 0) is 32.9 Å². The van der Waals surface area contributed by atoms with E-state index >= 15 is 0 Å². The van der Waals surface area contributed by atoms with Crippen LogP contribution in [0.5, 0.6) is 0 Å². The molecule has 13 heteroatoms. The molecule has 5 N–H and O–H groups in total. The zero-order valence-corrected chi connectivity index (χ0v) is 20.1. The van der Waals surface area contributed by atoms with Crippen LogP contribution in [0.25, 0.3) is 5.57 Å². The molecule has 0 spiro atoms. The second-order valence-electron chi connectivity index (χ2n) is 8.32. The standard InChI is InChI=1S/C22H28N8O5/c1-22(2,3)35-21(32)29(4)16-11-15(27-18(28-16)13(12-23)17(24)31)26-14-7-6-9-30(19(14)33-5)20-25-8-10-34-20/h6-12,19H,23H2,1-5H3,(H2,24,31)(H,26,27,28). The number of amides is 2. The highest BCUT2D eigenvalue weighted by molar-refractivity contribution is 6.17. The molecule has 0 radical (unpaired) electrons. The molecule has 2 aromatic rings. The summed E-state index contributed by atoms with van der Waals surface area (Å²) in [5.41, 5.74) is 10.7. The molecule has 0 bridgehead atoms. The van der Waals surface area contributed by atoms with Gasteiger partial charge in [-0.2, -0.15) is 0 Å². The lowest BCUT2D eigenvalue weighted by Gasteiger charge is -2.31. The number of ether oxygens (including phenoxy) is 2. The highest BCUT2D eigenvalue weighted by Crippen LogP contribution is 2.27. The van der Waals surface area contributed by atoms with Gasteiger partial charge in [0.05, 0.1) is 17.5 Å². The maximum Gasteiger partial charge on any atom is 0.415 e. The second-order valence-corrected chi connectivity index (χ2v) is 8.32. The molecule has 0 aliphatic carbocycles. The van der Waals surface area contributed by atoms with Crippen molar-refractivity contribution in [2.75, 3.05) is 29.3 Å². The first-order chi connectivity index (χ1) is 16.5. The summed E-state index contributed by atoms with van der Waals surface area (Å²) in [5.74, 6) is -0.546. The minimum atomic E-state index is -0.833. The van der Waals surface area contributed by atoms with Crippen molar-refractivity contribution >= 4 is 35.2 Å². The molecule has 1 aliphatic heterocycles. The van der Waals surface area contributed by atoms with Crippen LogP contribution in [0, 0.1) is 0 Å². The smallest absolute Gasteiger partial charge is 0.415 e. The summed E-state index contributed by atoms with van der Waals surface area (Å²) in [6.45, 7) is 5.23. The van der Waals surface area contributed by atoms with Gasteiger partial charge in [-0.15, -0.1) is 0 Å². The van der Waals surface area contributed by atoms with E-state index in [9.17, 15) is 9.59 Å². The number of allylic oxidation sites excluding steroid dienone is 2.